The highest BCUT2D eigenvalue weighted by molar-refractivity contribution is 5.94. The van der Waals surface area contributed by atoms with E-state index in [1.54, 1.807) is 24.1 Å². The van der Waals surface area contributed by atoms with E-state index in [1.165, 1.54) is 12.1 Å². The van der Waals surface area contributed by atoms with Crippen LogP contribution in [0.15, 0.2) is 24.3 Å². The summed E-state index contributed by atoms with van der Waals surface area (Å²) in [4.78, 5) is 13.6. The van der Waals surface area contributed by atoms with Crippen molar-refractivity contribution >= 4 is 11.6 Å². The van der Waals surface area contributed by atoms with E-state index in [-0.39, 0.29) is 18.3 Å². The molecule has 1 rings (SSSR count). The number of carbonyl (C=O) groups is 1. The Morgan fingerprint density at radius 2 is 2.06 bits per heavy atom. The Bertz CT molecular complexity index is 368. The molecule has 0 fully saturated rings. The molecule has 0 saturated heterocycles. The number of carbonyl (C=O) groups excluding carboxylic acids is 1. The Balaban J connectivity index is 2.54. The number of nitrogens with one attached hydrogen (secondary N) is 1. The second-order valence-corrected chi connectivity index (χ2v) is 3.78. The molecular weight excluding hydrogens is 235 g/mol. The van der Waals surface area contributed by atoms with Gasteiger partial charge in [-0.15, -0.1) is 0 Å². The molecule has 0 aliphatic rings. The van der Waals surface area contributed by atoms with E-state index in [2.05, 4.69) is 5.32 Å². The van der Waals surface area contributed by atoms with Crippen molar-refractivity contribution in [1.82, 2.24) is 5.32 Å². The summed E-state index contributed by atoms with van der Waals surface area (Å²) in [6, 6.07) is 5.91. The summed E-state index contributed by atoms with van der Waals surface area (Å²) in [5.74, 6) is -0.347. The summed E-state index contributed by atoms with van der Waals surface area (Å²) in [5, 5.41) is 2.99. The number of rotatable bonds is 7. The van der Waals surface area contributed by atoms with Gasteiger partial charge >= 0.3 is 0 Å². The largest absolute Gasteiger partial charge is 0.383 e. The predicted molar refractivity (Wildman–Crippen MR) is 69.2 cm³/mol. The molecule has 5 heteroatoms. The highest BCUT2D eigenvalue weighted by Gasteiger charge is 2.12. The van der Waals surface area contributed by atoms with Crippen molar-refractivity contribution in [2.24, 2.45) is 0 Å². The van der Waals surface area contributed by atoms with Crippen LogP contribution >= 0.6 is 0 Å². The fraction of sp³-hybridized carbons (Fsp3) is 0.462. The van der Waals surface area contributed by atoms with Crippen molar-refractivity contribution in [3.05, 3.63) is 30.1 Å². The smallest absolute Gasteiger partial charge is 0.240 e. The topological polar surface area (TPSA) is 41.6 Å². The minimum Gasteiger partial charge on any atom is -0.383 e. The van der Waals surface area contributed by atoms with Crippen molar-refractivity contribution < 1.29 is 13.9 Å². The standard InChI is InChI=1S/C13H19FN2O2/c1-3-16(12-6-4-11(14)5-7-12)13(17)10-15-8-9-18-2/h4-7,15H,3,8-10H2,1-2H3. The number of hydrogen-bond acceptors (Lipinski definition) is 3. The van der Waals surface area contributed by atoms with Crippen molar-refractivity contribution in [3.8, 4) is 0 Å². The number of methoxy groups -OCH3 is 1. The van der Waals surface area contributed by atoms with Gasteiger partial charge < -0.3 is 15.0 Å². The van der Waals surface area contributed by atoms with Crippen LogP contribution in [0.2, 0.25) is 0 Å². The molecule has 0 atom stereocenters. The minimum atomic E-state index is -0.305. The maximum Gasteiger partial charge on any atom is 0.240 e. The van der Waals surface area contributed by atoms with Gasteiger partial charge in [0.05, 0.1) is 13.2 Å². The molecule has 0 radical (unpaired) electrons. The Kier molecular flexibility index (Phi) is 6.32. The first-order chi connectivity index (χ1) is 8.69. The van der Waals surface area contributed by atoms with Gasteiger partial charge in [-0.1, -0.05) is 0 Å². The van der Waals surface area contributed by atoms with E-state index < -0.39 is 0 Å². The van der Waals surface area contributed by atoms with Crippen molar-refractivity contribution in [3.63, 3.8) is 0 Å². The second-order valence-electron chi connectivity index (χ2n) is 3.78. The van der Waals surface area contributed by atoms with E-state index in [9.17, 15) is 9.18 Å². The number of likely N-dealkylation sites (N-methyl/N-ethyl adjacent to an activating group) is 1. The molecule has 0 aliphatic heterocycles. The lowest BCUT2D eigenvalue weighted by molar-refractivity contribution is -0.117. The van der Waals surface area contributed by atoms with Crippen LogP contribution in [0.3, 0.4) is 0 Å². The van der Waals surface area contributed by atoms with Gasteiger partial charge in [0.15, 0.2) is 0 Å². The van der Waals surface area contributed by atoms with E-state index >= 15 is 0 Å². The molecular formula is C13H19FN2O2. The number of ether oxygens (including phenoxy) is 1. The van der Waals surface area contributed by atoms with Gasteiger partial charge in [-0.2, -0.15) is 0 Å². The third kappa shape index (κ3) is 4.43. The monoisotopic (exact) mass is 254 g/mol. The average Bonchev–Trinajstić information content (AvgIpc) is 2.38. The first-order valence-electron chi connectivity index (χ1n) is 5.94. The molecule has 0 unspecified atom stereocenters. The molecule has 1 aromatic rings. The van der Waals surface area contributed by atoms with Crippen molar-refractivity contribution in [2.75, 3.05) is 38.3 Å². The molecule has 0 spiro atoms. The Hall–Kier alpha value is -1.46. The molecule has 0 aromatic heterocycles. The average molecular weight is 254 g/mol. The number of anilines is 1. The Morgan fingerprint density at radius 1 is 1.39 bits per heavy atom. The Morgan fingerprint density at radius 3 is 2.61 bits per heavy atom. The molecule has 18 heavy (non-hydrogen) atoms. The van der Waals surface area contributed by atoms with Crippen LogP contribution in [0.4, 0.5) is 10.1 Å². The molecule has 1 N–H and O–H groups in total. The first-order valence-corrected chi connectivity index (χ1v) is 5.94. The van der Waals surface area contributed by atoms with Crippen LogP contribution in [0, 0.1) is 5.82 Å². The highest BCUT2D eigenvalue weighted by atomic mass is 19.1. The zero-order valence-electron chi connectivity index (χ0n) is 10.8. The van der Waals surface area contributed by atoms with Gasteiger partial charge in [0.25, 0.3) is 0 Å². The molecule has 1 aromatic carbocycles. The Labute approximate surface area is 107 Å². The molecule has 0 saturated carbocycles. The van der Waals surface area contributed by atoms with Crippen LogP contribution in [0.25, 0.3) is 0 Å². The van der Waals surface area contributed by atoms with E-state index in [1.807, 2.05) is 6.92 Å². The molecule has 0 heterocycles. The summed E-state index contributed by atoms with van der Waals surface area (Å²) in [6.45, 7) is 3.88. The third-order valence-corrected chi connectivity index (χ3v) is 2.51. The van der Waals surface area contributed by atoms with E-state index in [0.29, 0.717) is 25.4 Å². The van der Waals surface area contributed by atoms with Gasteiger partial charge in [0.1, 0.15) is 5.82 Å². The minimum absolute atomic E-state index is 0.0415. The highest BCUT2D eigenvalue weighted by Crippen LogP contribution is 2.14. The lowest BCUT2D eigenvalue weighted by Crippen LogP contribution is -2.39. The number of nitrogens with zero attached hydrogens (tertiary/aromatic N) is 1. The van der Waals surface area contributed by atoms with Crippen molar-refractivity contribution in [1.29, 1.82) is 0 Å². The number of benzene rings is 1. The lowest BCUT2D eigenvalue weighted by atomic mass is 10.2. The van der Waals surface area contributed by atoms with Crippen LogP contribution in [-0.2, 0) is 9.53 Å². The van der Waals surface area contributed by atoms with Gasteiger partial charge in [0, 0.05) is 25.9 Å². The van der Waals surface area contributed by atoms with Crippen LogP contribution in [0.1, 0.15) is 6.92 Å². The van der Waals surface area contributed by atoms with Crippen molar-refractivity contribution in [2.45, 2.75) is 6.92 Å². The SMILES string of the molecule is CCN(C(=O)CNCCOC)c1ccc(F)cc1. The zero-order chi connectivity index (χ0) is 13.4. The zero-order valence-corrected chi connectivity index (χ0v) is 10.8. The lowest BCUT2D eigenvalue weighted by Gasteiger charge is -2.21. The summed E-state index contributed by atoms with van der Waals surface area (Å²) in [6.07, 6.45) is 0. The van der Waals surface area contributed by atoms with Gasteiger partial charge in [-0.3, -0.25) is 4.79 Å². The van der Waals surface area contributed by atoms with Crippen LogP contribution in [0.5, 0.6) is 0 Å². The summed E-state index contributed by atoms with van der Waals surface area (Å²) >= 11 is 0. The number of halogens is 1. The fourth-order valence-corrected chi connectivity index (χ4v) is 1.59. The molecule has 0 aliphatic carbocycles. The van der Waals surface area contributed by atoms with E-state index in [0.717, 1.165) is 0 Å². The van der Waals surface area contributed by atoms with E-state index in [4.69, 9.17) is 4.74 Å². The number of hydrogen-bond donors (Lipinski definition) is 1. The maximum atomic E-state index is 12.8. The summed E-state index contributed by atoms with van der Waals surface area (Å²) in [5.41, 5.74) is 0.706. The predicted octanol–water partition coefficient (Wildman–Crippen LogP) is 1.41. The fourth-order valence-electron chi connectivity index (χ4n) is 1.59. The quantitative estimate of drug-likeness (QED) is 0.748. The normalized spacial score (nSPS) is 10.4. The second kappa shape index (κ2) is 7.79. The molecule has 100 valence electrons. The number of amides is 1. The van der Waals surface area contributed by atoms with Gasteiger partial charge in [0.2, 0.25) is 5.91 Å². The maximum absolute atomic E-state index is 12.8. The molecule has 0 bridgehead atoms. The third-order valence-electron chi connectivity index (χ3n) is 2.51. The molecule has 1 amide bonds. The van der Waals surface area contributed by atoms with Gasteiger partial charge in [-0.05, 0) is 31.2 Å². The molecule has 4 nitrogen and oxygen atoms in total. The first kappa shape index (κ1) is 14.6. The summed E-state index contributed by atoms with van der Waals surface area (Å²) in [7, 11) is 1.61. The van der Waals surface area contributed by atoms with Crippen LogP contribution in [-0.4, -0.2) is 39.3 Å². The van der Waals surface area contributed by atoms with Crippen LogP contribution < -0.4 is 10.2 Å². The summed E-state index contributed by atoms with van der Waals surface area (Å²) < 4.78 is 17.7. The van der Waals surface area contributed by atoms with Gasteiger partial charge in [-0.25, -0.2) is 4.39 Å².